The first kappa shape index (κ1) is 11.6. The van der Waals surface area contributed by atoms with Crippen molar-refractivity contribution in [1.29, 1.82) is 0 Å². The molecule has 0 aliphatic heterocycles. The van der Waals surface area contributed by atoms with E-state index in [1.807, 2.05) is 18.2 Å². The van der Waals surface area contributed by atoms with Crippen molar-refractivity contribution in [2.24, 2.45) is 10.8 Å². The van der Waals surface area contributed by atoms with E-state index in [1.165, 1.54) is 12.0 Å². The molecule has 1 unspecified atom stereocenters. The molecule has 1 atom stereocenters. The fourth-order valence-corrected chi connectivity index (χ4v) is 2.30. The summed E-state index contributed by atoms with van der Waals surface area (Å²) in [5.74, 6) is 0.316. The number of nitrogens with two attached hydrogens (primary N) is 1. The third-order valence-electron chi connectivity index (χ3n) is 3.09. The summed E-state index contributed by atoms with van der Waals surface area (Å²) in [6.07, 6.45) is 4.35. The number of primary amides is 1. The molecule has 0 heterocycles. The molecule has 3 N–H and O–H groups in total. The molecule has 0 spiro atoms. The number of benzene rings is 1. The summed E-state index contributed by atoms with van der Waals surface area (Å²) in [5, 5.41) is 4.13. The van der Waals surface area contributed by atoms with Gasteiger partial charge >= 0.3 is 6.03 Å². The van der Waals surface area contributed by atoms with Crippen molar-refractivity contribution in [3.05, 3.63) is 35.9 Å². The summed E-state index contributed by atoms with van der Waals surface area (Å²) in [5.41, 5.74) is 9.67. The standard InChI is InChI=1S/C13H17N3O/c14-13(17)16-15-12-9-5-4-8-11(12)10-6-2-1-3-7-10/h1-3,6-7,11H,4-5,8-9H2,(H3,14,16,17)/b15-12+. The Morgan fingerprint density at radius 2 is 2.06 bits per heavy atom. The molecule has 1 aromatic carbocycles. The topological polar surface area (TPSA) is 67.5 Å². The molecule has 0 aromatic heterocycles. The van der Waals surface area contributed by atoms with Gasteiger partial charge in [-0.25, -0.2) is 10.2 Å². The van der Waals surface area contributed by atoms with Gasteiger partial charge in [0.1, 0.15) is 0 Å². The molecule has 1 aliphatic carbocycles. The second kappa shape index (κ2) is 5.48. The van der Waals surface area contributed by atoms with E-state index in [4.69, 9.17) is 5.73 Å². The first-order valence-electron chi connectivity index (χ1n) is 5.94. The Kier molecular flexibility index (Phi) is 3.75. The van der Waals surface area contributed by atoms with Gasteiger partial charge < -0.3 is 5.73 Å². The van der Waals surface area contributed by atoms with Gasteiger partial charge in [0.25, 0.3) is 0 Å². The molecule has 0 radical (unpaired) electrons. The molecule has 90 valence electrons. The summed E-state index contributed by atoms with van der Waals surface area (Å²) in [7, 11) is 0. The number of hydrogen-bond donors (Lipinski definition) is 2. The lowest BCUT2D eigenvalue weighted by Gasteiger charge is -2.24. The van der Waals surface area contributed by atoms with Crippen LogP contribution in [0.4, 0.5) is 4.79 Å². The summed E-state index contributed by atoms with van der Waals surface area (Å²) in [4.78, 5) is 10.7. The quantitative estimate of drug-likeness (QED) is 0.754. The predicted octanol–water partition coefficient (Wildman–Crippen LogP) is 2.37. The minimum absolute atomic E-state index is 0.316. The van der Waals surface area contributed by atoms with Crippen molar-refractivity contribution in [3.8, 4) is 0 Å². The van der Waals surface area contributed by atoms with Gasteiger partial charge in [-0.1, -0.05) is 36.8 Å². The number of hydrazone groups is 1. The van der Waals surface area contributed by atoms with Crippen LogP contribution in [0.5, 0.6) is 0 Å². The Labute approximate surface area is 101 Å². The van der Waals surface area contributed by atoms with Crippen LogP contribution in [-0.2, 0) is 0 Å². The number of urea groups is 1. The maximum absolute atomic E-state index is 10.7. The van der Waals surface area contributed by atoms with Crippen LogP contribution in [0.15, 0.2) is 35.4 Å². The molecule has 1 saturated carbocycles. The maximum Gasteiger partial charge on any atom is 0.332 e. The Balaban J connectivity index is 2.18. The number of carbonyl (C=O) groups excluding carboxylic acids is 1. The molecule has 17 heavy (non-hydrogen) atoms. The van der Waals surface area contributed by atoms with Crippen LogP contribution in [0.2, 0.25) is 0 Å². The van der Waals surface area contributed by atoms with Gasteiger partial charge in [-0.3, -0.25) is 0 Å². The minimum atomic E-state index is -0.602. The monoisotopic (exact) mass is 231 g/mol. The lowest BCUT2D eigenvalue weighted by Crippen LogP contribution is -2.28. The highest BCUT2D eigenvalue weighted by atomic mass is 16.2. The lowest BCUT2D eigenvalue weighted by atomic mass is 9.82. The normalized spacial score (nSPS) is 22.4. The molecular formula is C13H17N3O. The number of nitrogens with one attached hydrogen (secondary N) is 1. The van der Waals surface area contributed by atoms with Gasteiger partial charge in [-0.05, 0) is 24.8 Å². The zero-order chi connectivity index (χ0) is 12.1. The number of nitrogens with zero attached hydrogens (tertiary/aromatic N) is 1. The van der Waals surface area contributed by atoms with E-state index in [1.54, 1.807) is 0 Å². The molecule has 2 rings (SSSR count). The summed E-state index contributed by atoms with van der Waals surface area (Å²) in [6.45, 7) is 0. The van der Waals surface area contributed by atoms with Gasteiger partial charge in [-0.2, -0.15) is 5.10 Å². The van der Waals surface area contributed by atoms with E-state index < -0.39 is 6.03 Å². The molecule has 1 aromatic rings. The third-order valence-corrected chi connectivity index (χ3v) is 3.09. The Morgan fingerprint density at radius 3 is 2.76 bits per heavy atom. The molecule has 4 heteroatoms. The van der Waals surface area contributed by atoms with Crippen molar-refractivity contribution < 1.29 is 4.79 Å². The van der Waals surface area contributed by atoms with Gasteiger partial charge in [0.2, 0.25) is 0 Å². The maximum atomic E-state index is 10.7. The molecule has 4 nitrogen and oxygen atoms in total. The van der Waals surface area contributed by atoms with Crippen LogP contribution in [0, 0.1) is 0 Å². The van der Waals surface area contributed by atoms with Crippen molar-refractivity contribution in [3.63, 3.8) is 0 Å². The first-order chi connectivity index (χ1) is 8.27. The van der Waals surface area contributed by atoms with E-state index in [-0.39, 0.29) is 0 Å². The molecule has 1 fully saturated rings. The van der Waals surface area contributed by atoms with Crippen LogP contribution >= 0.6 is 0 Å². The highest BCUT2D eigenvalue weighted by Crippen LogP contribution is 2.30. The average Bonchev–Trinajstić information content (AvgIpc) is 2.38. The Bertz CT molecular complexity index is 414. The smallest absolute Gasteiger partial charge is 0.332 e. The van der Waals surface area contributed by atoms with E-state index in [2.05, 4.69) is 22.7 Å². The van der Waals surface area contributed by atoms with Crippen molar-refractivity contribution in [2.75, 3.05) is 0 Å². The lowest BCUT2D eigenvalue weighted by molar-refractivity contribution is 0.249. The van der Waals surface area contributed by atoms with E-state index in [9.17, 15) is 4.79 Å². The van der Waals surface area contributed by atoms with E-state index in [0.717, 1.165) is 25.0 Å². The zero-order valence-corrected chi connectivity index (χ0v) is 9.73. The SMILES string of the molecule is NC(=O)N/N=C1\CCCCC1c1ccccc1. The number of rotatable bonds is 2. The van der Waals surface area contributed by atoms with Gasteiger partial charge in [0.15, 0.2) is 0 Å². The minimum Gasteiger partial charge on any atom is -0.350 e. The van der Waals surface area contributed by atoms with Crippen LogP contribution < -0.4 is 11.2 Å². The highest BCUT2D eigenvalue weighted by molar-refractivity contribution is 5.92. The van der Waals surface area contributed by atoms with Crippen LogP contribution in [0.1, 0.15) is 37.2 Å². The van der Waals surface area contributed by atoms with Crippen LogP contribution in [-0.4, -0.2) is 11.7 Å². The fourth-order valence-electron chi connectivity index (χ4n) is 2.30. The number of amides is 2. The fraction of sp³-hybridized carbons (Fsp3) is 0.385. The first-order valence-corrected chi connectivity index (χ1v) is 5.94. The third kappa shape index (κ3) is 3.06. The second-order valence-corrected chi connectivity index (χ2v) is 4.29. The van der Waals surface area contributed by atoms with Crippen LogP contribution in [0.25, 0.3) is 0 Å². The molecular weight excluding hydrogens is 214 g/mol. The highest BCUT2D eigenvalue weighted by Gasteiger charge is 2.22. The van der Waals surface area contributed by atoms with Crippen LogP contribution in [0.3, 0.4) is 0 Å². The van der Waals surface area contributed by atoms with E-state index in [0.29, 0.717) is 5.92 Å². The van der Waals surface area contributed by atoms with Crippen molar-refractivity contribution >= 4 is 11.7 Å². The zero-order valence-electron chi connectivity index (χ0n) is 9.73. The molecule has 0 bridgehead atoms. The molecule has 1 aliphatic rings. The second-order valence-electron chi connectivity index (χ2n) is 4.29. The molecule has 2 amide bonds. The van der Waals surface area contributed by atoms with Crippen molar-refractivity contribution in [2.45, 2.75) is 31.6 Å². The molecule has 0 saturated heterocycles. The average molecular weight is 231 g/mol. The van der Waals surface area contributed by atoms with Gasteiger partial charge in [0, 0.05) is 11.6 Å². The predicted molar refractivity (Wildman–Crippen MR) is 67.8 cm³/mol. The Morgan fingerprint density at radius 1 is 1.29 bits per heavy atom. The van der Waals surface area contributed by atoms with Gasteiger partial charge in [-0.15, -0.1) is 0 Å². The summed E-state index contributed by atoms with van der Waals surface area (Å²) in [6, 6.07) is 9.68. The largest absolute Gasteiger partial charge is 0.350 e. The van der Waals surface area contributed by atoms with Crippen molar-refractivity contribution in [1.82, 2.24) is 5.43 Å². The van der Waals surface area contributed by atoms with Gasteiger partial charge in [0.05, 0.1) is 0 Å². The summed E-state index contributed by atoms with van der Waals surface area (Å²) < 4.78 is 0. The van der Waals surface area contributed by atoms with E-state index >= 15 is 0 Å². The number of hydrogen-bond acceptors (Lipinski definition) is 2. The Hall–Kier alpha value is -1.84. The number of carbonyl (C=O) groups is 1. The summed E-state index contributed by atoms with van der Waals surface area (Å²) >= 11 is 0.